The van der Waals surface area contributed by atoms with E-state index in [1.54, 1.807) is 0 Å². The van der Waals surface area contributed by atoms with E-state index >= 15 is 0 Å². The zero-order valence-electron chi connectivity index (χ0n) is 26.6. The molecule has 3 aliphatic carbocycles. The Kier molecular flexibility index (Phi) is 12.4. The summed E-state index contributed by atoms with van der Waals surface area (Å²) in [5.41, 5.74) is 8.19. The number of aliphatic imine (C=N–C) groups is 1. The van der Waals surface area contributed by atoms with Crippen LogP contribution in [0, 0.1) is 17.8 Å². The summed E-state index contributed by atoms with van der Waals surface area (Å²) in [6, 6.07) is 0.150. The van der Waals surface area contributed by atoms with Crippen LogP contribution in [-0.4, -0.2) is 95.2 Å². The van der Waals surface area contributed by atoms with Gasteiger partial charge in [-0.15, -0.1) is 11.6 Å². The molecule has 13 heteroatoms. The van der Waals surface area contributed by atoms with E-state index in [0.29, 0.717) is 44.5 Å². The van der Waals surface area contributed by atoms with Crippen molar-refractivity contribution in [1.29, 1.82) is 0 Å². The Labute approximate surface area is 268 Å². The zero-order valence-corrected chi connectivity index (χ0v) is 27.3. The van der Waals surface area contributed by atoms with Crippen molar-refractivity contribution >= 4 is 36.2 Å². The first kappa shape index (κ1) is 34.1. The number of carbonyl (C=O) groups is 2. The van der Waals surface area contributed by atoms with Crippen LogP contribution in [0.15, 0.2) is 4.99 Å². The number of alkyl halides is 1. The third-order valence-electron chi connectivity index (χ3n) is 10.7. The maximum Gasteiger partial charge on any atom is 0.454 e. The fraction of sp³-hybridized carbons (Fsp3) is 0.903. The maximum absolute atomic E-state index is 12.8. The van der Waals surface area contributed by atoms with Crippen molar-refractivity contribution in [3.05, 3.63) is 0 Å². The fourth-order valence-electron chi connectivity index (χ4n) is 8.47. The highest BCUT2D eigenvalue weighted by atomic mass is 35.5. The highest BCUT2D eigenvalue weighted by molar-refractivity contribution is 6.43. The smallest absolute Gasteiger partial charge is 0.427 e. The molecule has 6 N–H and O–H groups in total. The predicted molar refractivity (Wildman–Crippen MR) is 172 cm³/mol. The van der Waals surface area contributed by atoms with E-state index < -0.39 is 7.12 Å². The zero-order chi connectivity index (χ0) is 31.2. The molecule has 0 spiro atoms. The van der Waals surface area contributed by atoms with E-state index in [9.17, 15) is 19.6 Å². The van der Waals surface area contributed by atoms with Crippen LogP contribution in [0.5, 0.6) is 0 Å². The Balaban J connectivity index is 1.21. The van der Waals surface area contributed by atoms with Gasteiger partial charge in [0.1, 0.15) is 0 Å². The van der Waals surface area contributed by atoms with Crippen molar-refractivity contribution in [2.24, 2.45) is 22.7 Å². The largest absolute Gasteiger partial charge is 0.454 e. The van der Waals surface area contributed by atoms with Gasteiger partial charge in [-0.2, -0.15) is 0 Å². The lowest BCUT2D eigenvalue weighted by Gasteiger charge is -2.44. The molecule has 2 amide bonds. The molecule has 8 atom stereocenters. The van der Waals surface area contributed by atoms with Crippen LogP contribution in [0.4, 0.5) is 0 Å². The third kappa shape index (κ3) is 8.35. The molecular weight excluding hydrogens is 583 g/mol. The first-order chi connectivity index (χ1) is 21.2. The van der Waals surface area contributed by atoms with Crippen molar-refractivity contribution in [2.45, 2.75) is 139 Å². The Morgan fingerprint density at radius 3 is 2.61 bits per heavy atom. The molecule has 0 bridgehead atoms. The van der Waals surface area contributed by atoms with Gasteiger partial charge >= 0.3 is 7.12 Å². The lowest BCUT2D eigenvalue weighted by atomic mass is 9.62. The van der Waals surface area contributed by atoms with Gasteiger partial charge in [-0.1, -0.05) is 12.8 Å². The Hall–Kier alpha value is -1.28. The molecule has 0 aromatic carbocycles. The first-order valence-corrected chi connectivity index (χ1v) is 17.7. The van der Waals surface area contributed by atoms with Crippen LogP contribution >= 0.6 is 11.6 Å². The second-order valence-electron chi connectivity index (χ2n) is 13.7. The van der Waals surface area contributed by atoms with Crippen LogP contribution < -0.4 is 21.5 Å². The molecule has 0 aromatic rings. The SMILES string of the molecule is CCNC(=O)C[C@@H]1N=C(C2CCC(Cl)CC2)C2CC(OCCCNC(=O)C3CCCC(B(O)O)C3)CCC2N2C(C)NNC12. The van der Waals surface area contributed by atoms with E-state index in [-0.39, 0.29) is 59.3 Å². The monoisotopic (exact) mass is 636 g/mol. The molecule has 2 aliphatic heterocycles. The summed E-state index contributed by atoms with van der Waals surface area (Å²) in [5.74, 6) is 0.343. The Morgan fingerprint density at radius 1 is 1.07 bits per heavy atom. The molecule has 7 unspecified atom stereocenters. The van der Waals surface area contributed by atoms with E-state index in [1.807, 2.05) is 6.92 Å². The number of fused-ring (bicyclic) bond motifs is 3. The number of hydrogen-bond acceptors (Lipinski definition) is 9. The van der Waals surface area contributed by atoms with Gasteiger partial charge in [0.2, 0.25) is 11.8 Å². The van der Waals surface area contributed by atoms with E-state index in [1.165, 1.54) is 5.71 Å². The topological polar surface area (TPSA) is 148 Å². The number of rotatable bonds is 11. The summed E-state index contributed by atoms with van der Waals surface area (Å²) in [6.07, 6.45) is 11.2. The van der Waals surface area contributed by atoms with Gasteiger partial charge in [0, 0.05) is 48.7 Å². The van der Waals surface area contributed by atoms with Crippen LogP contribution in [0.3, 0.4) is 0 Å². The fourth-order valence-corrected chi connectivity index (χ4v) is 8.72. The first-order valence-electron chi connectivity index (χ1n) is 17.3. The summed E-state index contributed by atoms with van der Waals surface area (Å²) >= 11 is 6.52. The Morgan fingerprint density at radius 2 is 1.86 bits per heavy atom. The number of ether oxygens (including phenoxy) is 1. The van der Waals surface area contributed by atoms with E-state index in [4.69, 9.17) is 21.3 Å². The van der Waals surface area contributed by atoms with Gasteiger partial charge in [0.15, 0.2) is 0 Å². The van der Waals surface area contributed by atoms with Crippen LogP contribution in [0.2, 0.25) is 5.82 Å². The van der Waals surface area contributed by atoms with Crippen molar-refractivity contribution in [3.63, 3.8) is 0 Å². The molecule has 2 heterocycles. The van der Waals surface area contributed by atoms with Crippen molar-refractivity contribution in [1.82, 2.24) is 26.4 Å². The molecule has 248 valence electrons. The van der Waals surface area contributed by atoms with Crippen molar-refractivity contribution in [2.75, 3.05) is 19.7 Å². The molecule has 1 saturated heterocycles. The molecule has 3 saturated carbocycles. The highest BCUT2D eigenvalue weighted by Gasteiger charge is 2.50. The van der Waals surface area contributed by atoms with Gasteiger partial charge in [0.25, 0.3) is 0 Å². The average Bonchev–Trinajstić information content (AvgIpc) is 3.34. The molecule has 5 aliphatic rings. The molecule has 0 aromatic heterocycles. The summed E-state index contributed by atoms with van der Waals surface area (Å²) in [5, 5.41) is 25.3. The minimum absolute atomic E-state index is 0.0144. The number of amides is 2. The van der Waals surface area contributed by atoms with E-state index in [2.05, 4.69) is 33.3 Å². The number of halogens is 1. The standard InChI is InChI=1S/C31H54BClN6O5/c1-3-34-28(40)18-26-30-38-37-19(2)39(30)27-13-12-24(17-25(27)29(36-26)20-8-10-23(33)11-9-20)44-15-5-14-35-31(41)21-6-4-7-22(16-21)32(42)43/h19-27,30,37-38,42-43H,3-18H2,1-2H3,(H,34,40)(H,35,41)/t19?,20?,21?,22?,23?,24?,25?,26-,27?,30?/m0/s1. The van der Waals surface area contributed by atoms with Gasteiger partial charge in [-0.05, 0) is 89.8 Å². The molecular formula is C31H54BClN6O5. The normalized spacial score (nSPS) is 37.7. The molecule has 44 heavy (non-hydrogen) atoms. The van der Waals surface area contributed by atoms with Gasteiger partial charge < -0.3 is 25.4 Å². The summed E-state index contributed by atoms with van der Waals surface area (Å²) in [6.45, 7) is 5.89. The van der Waals surface area contributed by atoms with Crippen LogP contribution in [-0.2, 0) is 14.3 Å². The Bertz CT molecular complexity index is 1000. The average molecular weight is 637 g/mol. The highest BCUT2D eigenvalue weighted by Crippen LogP contribution is 2.42. The lowest BCUT2D eigenvalue weighted by Crippen LogP contribution is -2.55. The summed E-state index contributed by atoms with van der Waals surface area (Å²) < 4.78 is 6.46. The van der Waals surface area contributed by atoms with Crippen molar-refractivity contribution in [3.8, 4) is 0 Å². The molecule has 5 rings (SSSR count). The minimum atomic E-state index is -1.35. The summed E-state index contributed by atoms with van der Waals surface area (Å²) in [7, 11) is -1.35. The van der Waals surface area contributed by atoms with Crippen LogP contribution in [0.1, 0.15) is 97.3 Å². The quantitative estimate of drug-likeness (QED) is 0.115. The molecule has 4 fully saturated rings. The molecule has 0 radical (unpaired) electrons. The molecule has 11 nitrogen and oxygen atoms in total. The van der Waals surface area contributed by atoms with Crippen molar-refractivity contribution < 1.29 is 24.4 Å². The van der Waals surface area contributed by atoms with Gasteiger partial charge in [-0.3, -0.25) is 19.5 Å². The van der Waals surface area contributed by atoms with Gasteiger partial charge in [-0.25, -0.2) is 10.9 Å². The predicted octanol–water partition coefficient (Wildman–Crippen LogP) is 2.31. The number of nitrogens with one attached hydrogen (secondary N) is 4. The number of hydrogen-bond donors (Lipinski definition) is 6. The second kappa shape index (κ2) is 16.0. The number of nitrogens with zero attached hydrogens (tertiary/aromatic N) is 2. The van der Waals surface area contributed by atoms with Gasteiger partial charge in [0.05, 0.1) is 30.9 Å². The third-order valence-corrected chi connectivity index (χ3v) is 11.2. The maximum atomic E-state index is 12.8. The number of hydrazine groups is 1. The second-order valence-corrected chi connectivity index (χ2v) is 14.4. The van der Waals surface area contributed by atoms with Crippen LogP contribution in [0.25, 0.3) is 0 Å². The minimum Gasteiger partial charge on any atom is -0.427 e. The summed E-state index contributed by atoms with van der Waals surface area (Å²) in [4.78, 5) is 33.5. The lowest BCUT2D eigenvalue weighted by molar-refractivity contribution is -0.126. The van der Waals surface area contributed by atoms with E-state index in [0.717, 1.165) is 70.6 Å². The number of carbonyl (C=O) groups excluding carboxylic acids is 2.